The smallest absolute Gasteiger partial charge is 0.238 e. The van der Waals surface area contributed by atoms with Gasteiger partial charge in [-0.25, -0.2) is 15.0 Å². The monoisotopic (exact) mass is 712 g/mol. The summed E-state index contributed by atoms with van der Waals surface area (Å²) in [6.07, 6.45) is 5.83. The lowest BCUT2D eigenvalue weighted by molar-refractivity contribution is 0.428. The Bertz CT molecular complexity index is 2420. The van der Waals surface area contributed by atoms with Crippen LogP contribution < -0.4 is 4.90 Å². The van der Waals surface area contributed by atoms with Crippen molar-refractivity contribution in [2.24, 2.45) is 0 Å². The molecule has 0 aliphatic heterocycles. The van der Waals surface area contributed by atoms with Crippen LogP contribution in [0.1, 0.15) is 43.8 Å². The molecule has 9 rings (SSSR count). The maximum absolute atomic E-state index is 5.22. The topological polar surface area (TPSA) is 67.7 Å². The van der Waals surface area contributed by atoms with Crippen LogP contribution in [0.15, 0.2) is 176 Å². The van der Waals surface area contributed by atoms with Crippen molar-refractivity contribution in [3.05, 3.63) is 182 Å². The summed E-state index contributed by atoms with van der Waals surface area (Å²) >= 11 is 0. The number of nitrogens with zero attached hydrogens (tertiary/aromatic N) is 6. The Kier molecular flexibility index (Phi) is 9.69. The predicted molar refractivity (Wildman–Crippen MR) is 223 cm³/mol. The normalized spacial score (nSPS) is 13.0. The summed E-state index contributed by atoms with van der Waals surface area (Å²) in [6.45, 7) is 0. The minimum atomic E-state index is 0.303. The van der Waals surface area contributed by atoms with E-state index in [0.29, 0.717) is 23.5 Å². The number of para-hydroxylation sites is 2. The number of benzene rings is 6. The fourth-order valence-electron chi connectivity index (χ4n) is 7.45. The summed E-state index contributed by atoms with van der Waals surface area (Å²) in [5.74, 6) is 3.18. The van der Waals surface area contributed by atoms with E-state index in [0.717, 1.165) is 74.8 Å². The van der Waals surface area contributed by atoms with Gasteiger partial charge in [0.1, 0.15) is 5.82 Å². The molecule has 2 heterocycles. The van der Waals surface area contributed by atoms with Crippen molar-refractivity contribution in [3.63, 3.8) is 0 Å². The third kappa shape index (κ3) is 7.53. The molecule has 2 aromatic heterocycles. The van der Waals surface area contributed by atoms with Crippen LogP contribution in [0.5, 0.6) is 0 Å². The van der Waals surface area contributed by atoms with Gasteiger partial charge >= 0.3 is 0 Å². The highest BCUT2D eigenvalue weighted by Crippen LogP contribution is 2.37. The summed E-state index contributed by atoms with van der Waals surface area (Å²) in [4.78, 5) is 27.9. The lowest BCUT2D eigenvalue weighted by atomic mass is 9.88. The Morgan fingerprint density at radius 2 is 0.836 bits per heavy atom. The van der Waals surface area contributed by atoms with Gasteiger partial charge in [-0.3, -0.25) is 4.90 Å². The Labute approximate surface area is 322 Å². The molecule has 266 valence electrons. The van der Waals surface area contributed by atoms with Gasteiger partial charge in [0.2, 0.25) is 5.95 Å². The molecule has 1 aliphatic rings. The van der Waals surface area contributed by atoms with E-state index in [1.807, 2.05) is 48.5 Å². The van der Waals surface area contributed by atoms with Crippen molar-refractivity contribution in [1.29, 1.82) is 0 Å². The van der Waals surface area contributed by atoms with E-state index in [9.17, 15) is 0 Å². The molecule has 0 atom stereocenters. The number of hydrogen-bond donors (Lipinski definition) is 0. The van der Waals surface area contributed by atoms with Gasteiger partial charge in [-0.05, 0) is 66.4 Å². The lowest BCUT2D eigenvalue weighted by Crippen LogP contribution is -2.18. The average Bonchev–Trinajstić information content (AvgIpc) is 3.28. The summed E-state index contributed by atoms with van der Waals surface area (Å²) < 4.78 is 0. The Morgan fingerprint density at radius 3 is 1.45 bits per heavy atom. The van der Waals surface area contributed by atoms with Crippen LogP contribution >= 0.6 is 0 Å². The second kappa shape index (κ2) is 15.7. The first-order chi connectivity index (χ1) is 27.2. The third-order valence-corrected chi connectivity index (χ3v) is 10.3. The second-order valence-electron chi connectivity index (χ2n) is 14.0. The maximum atomic E-state index is 5.22. The van der Waals surface area contributed by atoms with Crippen LogP contribution in [0.2, 0.25) is 0 Å². The molecule has 0 bridgehead atoms. The van der Waals surface area contributed by atoms with E-state index in [2.05, 4.69) is 132 Å². The van der Waals surface area contributed by atoms with E-state index in [1.54, 1.807) is 0 Å². The Morgan fingerprint density at radius 1 is 0.364 bits per heavy atom. The molecule has 0 N–H and O–H groups in total. The number of aromatic nitrogens is 5. The Balaban J connectivity index is 1.13. The third-order valence-electron chi connectivity index (χ3n) is 10.3. The fourth-order valence-corrected chi connectivity index (χ4v) is 7.45. The second-order valence-corrected chi connectivity index (χ2v) is 14.0. The first kappa shape index (κ1) is 34.0. The summed E-state index contributed by atoms with van der Waals surface area (Å²) in [6, 6.07) is 60.4. The molecule has 0 radical (unpaired) electrons. The van der Waals surface area contributed by atoms with Crippen LogP contribution in [-0.2, 0) is 0 Å². The van der Waals surface area contributed by atoms with Gasteiger partial charge in [-0.15, -0.1) is 0 Å². The summed E-state index contributed by atoms with van der Waals surface area (Å²) in [7, 11) is 0. The molecule has 8 aromatic rings. The van der Waals surface area contributed by atoms with E-state index >= 15 is 0 Å². The summed E-state index contributed by atoms with van der Waals surface area (Å²) in [5, 5.41) is 0. The van der Waals surface area contributed by atoms with Crippen LogP contribution in [0.25, 0.3) is 56.4 Å². The van der Waals surface area contributed by atoms with E-state index < -0.39 is 0 Å². The molecule has 0 saturated heterocycles. The van der Waals surface area contributed by atoms with Gasteiger partial charge in [0, 0.05) is 39.5 Å². The molecule has 1 saturated carbocycles. The van der Waals surface area contributed by atoms with Gasteiger partial charge in [0.15, 0.2) is 11.6 Å². The van der Waals surface area contributed by atoms with Gasteiger partial charge in [0.25, 0.3) is 0 Å². The molecular weight excluding hydrogens is 673 g/mol. The predicted octanol–water partition coefficient (Wildman–Crippen LogP) is 12.5. The van der Waals surface area contributed by atoms with E-state index in [4.69, 9.17) is 24.9 Å². The van der Waals surface area contributed by atoms with Crippen molar-refractivity contribution in [2.75, 3.05) is 4.90 Å². The molecule has 0 unspecified atom stereocenters. The molecule has 0 spiro atoms. The van der Waals surface area contributed by atoms with Crippen molar-refractivity contribution in [3.8, 4) is 56.4 Å². The van der Waals surface area contributed by atoms with Crippen LogP contribution in [0.3, 0.4) is 0 Å². The molecule has 6 aromatic carbocycles. The quantitative estimate of drug-likeness (QED) is 0.148. The molecule has 0 amide bonds. The molecule has 6 heteroatoms. The SMILES string of the molecule is c1ccc(-c2cc(-c3cccc(-c4cccc(-c5nc(C6CCCCC6)nc(N(c6ccccc6)c6ccccc6)n5)c4)c3)nc(-c3ccccc3)n2)cc1. The van der Waals surface area contributed by atoms with Crippen molar-refractivity contribution >= 4 is 17.3 Å². The van der Waals surface area contributed by atoms with E-state index in [-0.39, 0.29) is 0 Å². The van der Waals surface area contributed by atoms with Crippen LogP contribution in [0.4, 0.5) is 17.3 Å². The molecule has 6 nitrogen and oxygen atoms in total. The Hall–Kier alpha value is -6.79. The molecule has 1 fully saturated rings. The highest BCUT2D eigenvalue weighted by atomic mass is 15.3. The van der Waals surface area contributed by atoms with Crippen LogP contribution in [0, 0.1) is 0 Å². The maximum Gasteiger partial charge on any atom is 0.238 e. The molecular formula is C49H40N6. The van der Waals surface area contributed by atoms with Crippen molar-refractivity contribution in [1.82, 2.24) is 24.9 Å². The largest absolute Gasteiger partial charge is 0.279 e. The van der Waals surface area contributed by atoms with Crippen molar-refractivity contribution in [2.45, 2.75) is 38.0 Å². The van der Waals surface area contributed by atoms with Gasteiger partial charge in [-0.1, -0.05) is 153 Å². The zero-order chi connectivity index (χ0) is 36.8. The first-order valence-electron chi connectivity index (χ1n) is 19.1. The minimum absolute atomic E-state index is 0.303. The fraction of sp³-hybridized carbons (Fsp3) is 0.122. The molecule has 1 aliphatic carbocycles. The zero-order valence-corrected chi connectivity index (χ0v) is 30.5. The highest BCUT2D eigenvalue weighted by Gasteiger charge is 2.24. The van der Waals surface area contributed by atoms with E-state index in [1.165, 1.54) is 19.3 Å². The van der Waals surface area contributed by atoms with Crippen LogP contribution in [-0.4, -0.2) is 24.9 Å². The van der Waals surface area contributed by atoms with Crippen molar-refractivity contribution < 1.29 is 0 Å². The minimum Gasteiger partial charge on any atom is -0.279 e. The van der Waals surface area contributed by atoms with Gasteiger partial charge < -0.3 is 0 Å². The zero-order valence-electron chi connectivity index (χ0n) is 30.5. The highest BCUT2D eigenvalue weighted by molar-refractivity contribution is 5.78. The first-order valence-corrected chi connectivity index (χ1v) is 19.1. The van der Waals surface area contributed by atoms with Gasteiger partial charge in [0.05, 0.1) is 11.4 Å². The number of hydrogen-bond acceptors (Lipinski definition) is 6. The van der Waals surface area contributed by atoms with Gasteiger partial charge in [-0.2, -0.15) is 9.97 Å². The standard InChI is InChI=1S/C49H40N6/c1-6-18-35(19-7-1)44-34-45(51-46(50-44)36-20-8-2-9-21-36)40-26-16-24-38(32-40)39-25-17-27-41(33-39)48-52-47(37-22-10-3-11-23-37)53-49(54-48)55(42-28-12-4-13-29-42)43-30-14-5-15-31-43/h1-2,4-9,12-21,24-34,37H,3,10-11,22-23H2. The number of anilines is 3. The average molecular weight is 713 g/mol. The summed E-state index contributed by atoms with van der Waals surface area (Å²) in [5.41, 5.74) is 9.91. The molecule has 55 heavy (non-hydrogen) atoms. The lowest BCUT2D eigenvalue weighted by Gasteiger charge is -2.26. The number of rotatable bonds is 9.